The number of Topliss-reactive ketones (excluding diaryl/α,β-unsaturated/α-hetero) is 1. The molecule has 0 aliphatic rings. The number of ketones is 1. The molecule has 0 saturated heterocycles. The van der Waals surface area contributed by atoms with Gasteiger partial charge in [-0.15, -0.1) is 0 Å². The lowest BCUT2D eigenvalue weighted by molar-refractivity contribution is -0.126. The predicted octanol–water partition coefficient (Wildman–Crippen LogP) is -1.27. The van der Waals surface area contributed by atoms with Crippen LogP contribution in [0.15, 0.2) is 0 Å². The van der Waals surface area contributed by atoms with Crippen LogP contribution >= 0.6 is 0 Å². The van der Waals surface area contributed by atoms with Crippen molar-refractivity contribution in [3.05, 3.63) is 0 Å². The molecule has 0 radical (unpaired) electrons. The molecule has 0 heterocycles. The van der Waals surface area contributed by atoms with E-state index >= 15 is 0 Å². The van der Waals surface area contributed by atoms with E-state index in [9.17, 15) is 14.4 Å². The first kappa shape index (κ1) is 15.4. The molecule has 0 bridgehead atoms. The second-order valence-corrected chi connectivity index (χ2v) is 3.69. The van der Waals surface area contributed by atoms with Gasteiger partial charge in [0.05, 0.1) is 12.6 Å². The Morgan fingerprint density at radius 2 is 1.94 bits per heavy atom. The molecule has 0 fully saturated rings. The molecule has 5 N–H and O–H groups in total. The van der Waals surface area contributed by atoms with Gasteiger partial charge in [0, 0.05) is 6.54 Å². The van der Waals surface area contributed by atoms with Crippen LogP contribution in [0, 0.1) is 0 Å². The van der Waals surface area contributed by atoms with E-state index in [0.717, 1.165) is 0 Å². The molecular formula is C10H20N4O3. The highest BCUT2D eigenvalue weighted by molar-refractivity contribution is 5.88. The second kappa shape index (κ2) is 8.51. The fourth-order valence-corrected chi connectivity index (χ4v) is 1.30. The van der Waals surface area contributed by atoms with Gasteiger partial charge in [0.25, 0.3) is 0 Å². The third-order valence-corrected chi connectivity index (χ3v) is 2.13. The number of urea groups is 1. The van der Waals surface area contributed by atoms with Crippen molar-refractivity contribution in [2.24, 2.45) is 5.73 Å². The van der Waals surface area contributed by atoms with Crippen LogP contribution in [-0.4, -0.2) is 43.9 Å². The molecule has 0 aliphatic carbocycles. The number of amides is 3. The van der Waals surface area contributed by atoms with Gasteiger partial charge in [-0.3, -0.25) is 9.59 Å². The number of hydrogen-bond donors (Lipinski definition) is 4. The smallest absolute Gasteiger partial charge is 0.312 e. The highest BCUT2D eigenvalue weighted by atomic mass is 16.2. The summed E-state index contributed by atoms with van der Waals surface area (Å²) in [7, 11) is 1.65. The van der Waals surface area contributed by atoms with Gasteiger partial charge in [0.1, 0.15) is 0 Å². The molecular weight excluding hydrogens is 224 g/mol. The van der Waals surface area contributed by atoms with Crippen LogP contribution in [0.4, 0.5) is 4.79 Å². The maximum Gasteiger partial charge on any atom is 0.312 e. The maximum absolute atomic E-state index is 11.3. The minimum Gasteiger partial charge on any atom is -0.352 e. The van der Waals surface area contributed by atoms with E-state index in [-0.39, 0.29) is 18.2 Å². The van der Waals surface area contributed by atoms with E-state index in [2.05, 4.69) is 16.0 Å². The molecule has 1 atom stereocenters. The lowest BCUT2D eigenvalue weighted by Gasteiger charge is -2.15. The molecule has 0 unspecified atom stereocenters. The van der Waals surface area contributed by atoms with Crippen molar-refractivity contribution in [1.82, 2.24) is 16.0 Å². The fourth-order valence-electron chi connectivity index (χ4n) is 1.30. The Hall–Kier alpha value is -1.63. The van der Waals surface area contributed by atoms with E-state index in [1.165, 1.54) is 6.92 Å². The Balaban J connectivity index is 3.95. The monoisotopic (exact) mass is 244 g/mol. The largest absolute Gasteiger partial charge is 0.352 e. The number of carbonyl (C=O) groups is 3. The molecule has 0 spiro atoms. The number of carbonyl (C=O) groups excluding carboxylic acids is 3. The molecule has 0 aromatic heterocycles. The topological polar surface area (TPSA) is 113 Å². The number of hydrogen-bond acceptors (Lipinski definition) is 4. The fraction of sp³-hybridized carbons (Fsp3) is 0.700. The highest BCUT2D eigenvalue weighted by Crippen LogP contribution is 1.98. The zero-order valence-electron chi connectivity index (χ0n) is 10.2. The quantitative estimate of drug-likeness (QED) is 0.398. The Bertz CT molecular complexity index is 281. The molecule has 7 heteroatoms. The highest BCUT2D eigenvalue weighted by Gasteiger charge is 2.15. The van der Waals surface area contributed by atoms with Crippen molar-refractivity contribution in [2.75, 3.05) is 20.1 Å². The number of nitrogens with one attached hydrogen (secondary N) is 3. The number of likely N-dealkylation sites (N-methyl/N-ethyl adjacent to an activating group) is 1. The van der Waals surface area contributed by atoms with Crippen molar-refractivity contribution in [3.63, 3.8) is 0 Å². The average molecular weight is 244 g/mol. The van der Waals surface area contributed by atoms with E-state index in [0.29, 0.717) is 19.4 Å². The van der Waals surface area contributed by atoms with Gasteiger partial charge in [-0.05, 0) is 26.8 Å². The summed E-state index contributed by atoms with van der Waals surface area (Å²) < 4.78 is 0. The molecule has 0 saturated carbocycles. The van der Waals surface area contributed by atoms with Crippen molar-refractivity contribution < 1.29 is 14.4 Å². The van der Waals surface area contributed by atoms with Crippen molar-refractivity contribution in [1.29, 1.82) is 0 Å². The lowest BCUT2D eigenvalue weighted by Crippen LogP contribution is -2.43. The van der Waals surface area contributed by atoms with E-state index in [1.54, 1.807) is 7.05 Å². The molecule has 17 heavy (non-hydrogen) atoms. The van der Waals surface area contributed by atoms with Crippen LogP contribution in [0.25, 0.3) is 0 Å². The van der Waals surface area contributed by atoms with Gasteiger partial charge in [0.2, 0.25) is 5.91 Å². The van der Waals surface area contributed by atoms with Crippen LogP contribution in [0.2, 0.25) is 0 Å². The van der Waals surface area contributed by atoms with Crippen molar-refractivity contribution in [2.45, 2.75) is 25.8 Å². The van der Waals surface area contributed by atoms with Crippen LogP contribution < -0.4 is 21.7 Å². The number of rotatable bonds is 8. The molecule has 3 amide bonds. The van der Waals surface area contributed by atoms with E-state index < -0.39 is 12.1 Å². The van der Waals surface area contributed by atoms with E-state index in [4.69, 9.17) is 5.73 Å². The summed E-state index contributed by atoms with van der Waals surface area (Å²) in [4.78, 5) is 33.0. The molecule has 7 nitrogen and oxygen atoms in total. The Labute approximate surface area is 100 Å². The van der Waals surface area contributed by atoms with Crippen molar-refractivity contribution in [3.8, 4) is 0 Å². The minimum absolute atomic E-state index is 0.103. The summed E-state index contributed by atoms with van der Waals surface area (Å²) >= 11 is 0. The molecule has 98 valence electrons. The normalized spacial score (nSPS) is 11.6. The lowest BCUT2D eigenvalue weighted by atomic mass is 10.1. The summed E-state index contributed by atoms with van der Waals surface area (Å²) in [6, 6.07) is -1.10. The Kier molecular flexibility index (Phi) is 7.70. The Morgan fingerprint density at radius 1 is 1.29 bits per heavy atom. The average Bonchev–Trinajstić information content (AvgIpc) is 2.22. The molecule has 0 aromatic rings. The van der Waals surface area contributed by atoms with E-state index in [1.807, 2.05) is 0 Å². The van der Waals surface area contributed by atoms with Crippen LogP contribution in [0.3, 0.4) is 0 Å². The van der Waals surface area contributed by atoms with Gasteiger partial charge >= 0.3 is 6.03 Å². The van der Waals surface area contributed by atoms with Gasteiger partial charge < -0.3 is 21.7 Å². The third kappa shape index (κ3) is 8.21. The van der Waals surface area contributed by atoms with Crippen molar-refractivity contribution >= 4 is 17.7 Å². The zero-order chi connectivity index (χ0) is 13.3. The summed E-state index contributed by atoms with van der Waals surface area (Å²) in [6.45, 7) is 1.98. The zero-order valence-corrected chi connectivity index (χ0v) is 10.2. The van der Waals surface area contributed by atoms with Gasteiger partial charge in [-0.25, -0.2) is 4.79 Å². The van der Waals surface area contributed by atoms with Crippen LogP contribution in [0.5, 0.6) is 0 Å². The summed E-state index contributed by atoms with van der Waals surface area (Å²) in [6.07, 6.45) is 1.05. The summed E-state index contributed by atoms with van der Waals surface area (Å²) in [5.41, 5.74) is 4.89. The number of nitrogens with two attached hydrogens (primary N) is 1. The van der Waals surface area contributed by atoms with Gasteiger partial charge in [-0.1, -0.05) is 0 Å². The maximum atomic E-state index is 11.3. The molecule has 0 aliphatic heterocycles. The van der Waals surface area contributed by atoms with Gasteiger partial charge in [-0.2, -0.15) is 0 Å². The van der Waals surface area contributed by atoms with Crippen LogP contribution in [0.1, 0.15) is 19.8 Å². The Morgan fingerprint density at radius 3 is 2.41 bits per heavy atom. The number of primary amides is 1. The van der Waals surface area contributed by atoms with Gasteiger partial charge in [0.15, 0.2) is 5.78 Å². The summed E-state index contributed by atoms with van der Waals surface area (Å²) in [5, 5.41) is 7.73. The molecule has 0 aromatic carbocycles. The second-order valence-electron chi connectivity index (χ2n) is 3.69. The summed E-state index contributed by atoms with van der Waals surface area (Å²) in [5.74, 6) is -0.330. The van der Waals surface area contributed by atoms with Crippen LogP contribution in [-0.2, 0) is 9.59 Å². The first-order chi connectivity index (χ1) is 7.97. The standard InChI is InChI=1S/C10H20N4O3/c1-7(15)8(14-9(16)6-12-2)4-3-5-13-10(11)17/h8,12H,3-6H2,1-2H3,(H,14,16)(H3,11,13,17)/t8-/m1/s1. The first-order valence-corrected chi connectivity index (χ1v) is 5.45. The molecule has 0 rings (SSSR count). The SMILES string of the molecule is CNCC(=O)N[C@H](CCCNC(N)=O)C(C)=O. The minimum atomic E-state index is -0.594. The third-order valence-electron chi connectivity index (χ3n) is 2.13. The predicted molar refractivity (Wildman–Crippen MR) is 63.4 cm³/mol. The first-order valence-electron chi connectivity index (χ1n) is 5.45.